The Balaban J connectivity index is 1.80. The smallest absolute Gasteiger partial charge is 0.354 e. The molecule has 24 heavy (non-hydrogen) atoms. The number of carboxylic acids is 1. The Kier molecular flexibility index (Phi) is 4.13. The van der Waals surface area contributed by atoms with E-state index in [1.807, 2.05) is 13.1 Å². The highest BCUT2D eigenvalue weighted by Gasteiger charge is 2.22. The monoisotopic (exact) mass is 346 g/mol. The van der Waals surface area contributed by atoms with Gasteiger partial charge in [0.15, 0.2) is 10.8 Å². The molecule has 0 fully saturated rings. The fourth-order valence-electron chi connectivity index (χ4n) is 2.15. The van der Waals surface area contributed by atoms with Crippen LogP contribution in [0.4, 0.5) is 5.13 Å². The number of carbonyl (C=O) groups is 2. The van der Waals surface area contributed by atoms with Crippen molar-refractivity contribution in [1.82, 2.24) is 24.5 Å². The number of aromatic nitrogens is 5. The van der Waals surface area contributed by atoms with Crippen LogP contribution in [-0.4, -0.2) is 41.5 Å². The van der Waals surface area contributed by atoms with Gasteiger partial charge in [0.1, 0.15) is 0 Å². The number of aryl methyl sites for hydroxylation is 2. The van der Waals surface area contributed by atoms with E-state index in [-0.39, 0.29) is 11.3 Å². The Hall–Kier alpha value is -3.01. The second-order valence-corrected chi connectivity index (χ2v) is 5.77. The van der Waals surface area contributed by atoms with Gasteiger partial charge in [0.05, 0.1) is 23.7 Å². The van der Waals surface area contributed by atoms with Crippen LogP contribution in [0.2, 0.25) is 0 Å². The third-order valence-electron chi connectivity index (χ3n) is 3.36. The topological polar surface area (TPSA) is 115 Å². The van der Waals surface area contributed by atoms with E-state index in [1.54, 1.807) is 16.3 Å². The van der Waals surface area contributed by atoms with Crippen molar-refractivity contribution >= 4 is 28.3 Å². The van der Waals surface area contributed by atoms with Crippen LogP contribution in [0, 0.1) is 0 Å². The lowest BCUT2D eigenvalue weighted by molar-refractivity contribution is 0.0680. The molecule has 0 radical (unpaired) electrons. The summed E-state index contributed by atoms with van der Waals surface area (Å²) in [4.78, 5) is 27.8. The van der Waals surface area contributed by atoms with E-state index < -0.39 is 11.9 Å². The van der Waals surface area contributed by atoms with Crippen molar-refractivity contribution < 1.29 is 14.7 Å². The second kappa shape index (κ2) is 6.24. The first-order valence-electron chi connectivity index (χ1n) is 7.04. The molecule has 0 bridgehead atoms. The molecule has 3 aromatic heterocycles. The molecule has 0 saturated heterocycles. The lowest BCUT2D eigenvalue weighted by atomic mass is 10.2. The summed E-state index contributed by atoms with van der Waals surface area (Å²) in [6.45, 7) is 2.74. The van der Waals surface area contributed by atoms with Gasteiger partial charge in [-0.1, -0.05) is 0 Å². The standard InChI is InChI=1S/C14H14N6O3S/c1-3-20-6-8(4-16-20)10-7-24-14(17-10)18-12(21)9-5-15-19(2)11(9)13(22)23/h4-7H,3H2,1-2H3,(H,22,23)(H,17,18,21). The molecular weight excluding hydrogens is 332 g/mol. The minimum atomic E-state index is -1.22. The maximum absolute atomic E-state index is 12.3. The van der Waals surface area contributed by atoms with Crippen LogP contribution in [-0.2, 0) is 13.6 Å². The van der Waals surface area contributed by atoms with Crippen LogP contribution >= 0.6 is 11.3 Å². The van der Waals surface area contributed by atoms with Gasteiger partial charge in [-0.25, -0.2) is 9.78 Å². The highest BCUT2D eigenvalue weighted by atomic mass is 32.1. The molecule has 0 aliphatic carbocycles. The van der Waals surface area contributed by atoms with Gasteiger partial charge in [-0.15, -0.1) is 11.3 Å². The number of hydrogen-bond donors (Lipinski definition) is 2. The van der Waals surface area contributed by atoms with Crippen molar-refractivity contribution in [2.75, 3.05) is 5.32 Å². The summed E-state index contributed by atoms with van der Waals surface area (Å²) in [5.74, 6) is -1.78. The maximum atomic E-state index is 12.3. The van der Waals surface area contributed by atoms with Gasteiger partial charge < -0.3 is 5.11 Å². The summed E-state index contributed by atoms with van der Waals surface area (Å²) in [5, 5.41) is 21.9. The molecule has 3 heterocycles. The molecule has 0 aliphatic heterocycles. The zero-order valence-corrected chi connectivity index (χ0v) is 13.7. The number of rotatable bonds is 5. The summed E-state index contributed by atoms with van der Waals surface area (Å²) >= 11 is 1.25. The van der Waals surface area contributed by atoms with E-state index in [0.29, 0.717) is 10.8 Å². The number of aromatic carboxylic acids is 1. The summed E-state index contributed by atoms with van der Waals surface area (Å²) in [7, 11) is 1.47. The molecule has 0 saturated carbocycles. The number of hydrogen-bond acceptors (Lipinski definition) is 6. The fraction of sp³-hybridized carbons (Fsp3) is 0.214. The van der Waals surface area contributed by atoms with E-state index in [4.69, 9.17) is 5.11 Å². The Bertz CT molecular complexity index is 909. The zero-order chi connectivity index (χ0) is 17.3. The zero-order valence-electron chi connectivity index (χ0n) is 12.9. The molecule has 3 aromatic rings. The third kappa shape index (κ3) is 2.91. The normalized spacial score (nSPS) is 10.8. The number of amides is 1. The average Bonchev–Trinajstić information content (AvgIpc) is 3.24. The fourth-order valence-corrected chi connectivity index (χ4v) is 2.87. The van der Waals surface area contributed by atoms with Crippen molar-refractivity contribution in [1.29, 1.82) is 0 Å². The molecule has 2 N–H and O–H groups in total. The number of nitrogens with zero attached hydrogens (tertiary/aromatic N) is 5. The van der Waals surface area contributed by atoms with E-state index in [1.165, 1.54) is 24.6 Å². The molecular formula is C14H14N6O3S. The van der Waals surface area contributed by atoms with Crippen LogP contribution in [0.25, 0.3) is 11.3 Å². The Morgan fingerprint density at radius 1 is 1.33 bits per heavy atom. The van der Waals surface area contributed by atoms with Gasteiger partial charge in [0.25, 0.3) is 5.91 Å². The Morgan fingerprint density at radius 2 is 2.12 bits per heavy atom. The SMILES string of the molecule is CCn1cc(-c2csc(NC(=O)c3cnn(C)c3C(=O)O)n2)cn1. The number of thiazole rings is 1. The van der Waals surface area contributed by atoms with Crippen LogP contribution in [0.1, 0.15) is 27.8 Å². The quantitative estimate of drug-likeness (QED) is 0.727. The minimum Gasteiger partial charge on any atom is -0.477 e. The predicted octanol–water partition coefficient (Wildman–Crippen LogP) is 1.71. The molecule has 1 amide bonds. The van der Waals surface area contributed by atoms with Crippen molar-refractivity contribution in [3.63, 3.8) is 0 Å². The van der Waals surface area contributed by atoms with Crippen molar-refractivity contribution in [3.8, 4) is 11.3 Å². The highest BCUT2D eigenvalue weighted by molar-refractivity contribution is 7.14. The molecule has 0 aliphatic rings. The van der Waals surface area contributed by atoms with Gasteiger partial charge in [-0.05, 0) is 6.92 Å². The lowest BCUT2D eigenvalue weighted by Gasteiger charge is -2.01. The van der Waals surface area contributed by atoms with Crippen molar-refractivity contribution in [2.45, 2.75) is 13.5 Å². The summed E-state index contributed by atoms with van der Waals surface area (Å²) in [6.07, 6.45) is 4.79. The molecule has 124 valence electrons. The van der Waals surface area contributed by atoms with E-state index in [9.17, 15) is 9.59 Å². The molecule has 0 atom stereocenters. The maximum Gasteiger partial charge on any atom is 0.354 e. The molecule has 9 nitrogen and oxygen atoms in total. The van der Waals surface area contributed by atoms with Crippen LogP contribution < -0.4 is 5.32 Å². The molecule has 10 heteroatoms. The number of carboxylic acid groups (broad SMARTS) is 1. The summed E-state index contributed by atoms with van der Waals surface area (Å²) < 4.78 is 2.92. The first-order valence-corrected chi connectivity index (χ1v) is 7.92. The molecule has 0 unspecified atom stereocenters. The highest BCUT2D eigenvalue weighted by Crippen LogP contribution is 2.25. The Morgan fingerprint density at radius 3 is 2.79 bits per heavy atom. The van der Waals surface area contributed by atoms with Crippen LogP contribution in [0.5, 0.6) is 0 Å². The van der Waals surface area contributed by atoms with Gasteiger partial charge in [0, 0.05) is 30.7 Å². The predicted molar refractivity (Wildman–Crippen MR) is 87.1 cm³/mol. The van der Waals surface area contributed by atoms with Crippen LogP contribution in [0.3, 0.4) is 0 Å². The van der Waals surface area contributed by atoms with E-state index >= 15 is 0 Å². The van der Waals surface area contributed by atoms with Crippen molar-refractivity contribution in [3.05, 3.63) is 35.2 Å². The molecule has 0 aromatic carbocycles. The number of carbonyl (C=O) groups excluding carboxylic acids is 1. The van der Waals surface area contributed by atoms with Gasteiger partial charge >= 0.3 is 5.97 Å². The third-order valence-corrected chi connectivity index (χ3v) is 4.12. The van der Waals surface area contributed by atoms with Gasteiger partial charge in [0.2, 0.25) is 0 Å². The Labute approximate surface area is 140 Å². The molecule has 3 rings (SSSR count). The largest absolute Gasteiger partial charge is 0.477 e. The summed E-state index contributed by atoms with van der Waals surface area (Å²) in [5.41, 5.74) is 1.36. The average molecular weight is 346 g/mol. The first-order chi connectivity index (χ1) is 11.5. The first kappa shape index (κ1) is 15.9. The second-order valence-electron chi connectivity index (χ2n) is 4.91. The summed E-state index contributed by atoms with van der Waals surface area (Å²) in [6, 6.07) is 0. The van der Waals surface area contributed by atoms with Gasteiger partial charge in [-0.2, -0.15) is 10.2 Å². The molecule has 0 spiro atoms. The number of anilines is 1. The van der Waals surface area contributed by atoms with Crippen LogP contribution in [0.15, 0.2) is 24.0 Å². The van der Waals surface area contributed by atoms with Crippen molar-refractivity contribution in [2.24, 2.45) is 7.05 Å². The van der Waals surface area contributed by atoms with E-state index in [2.05, 4.69) is 20.5 Å². The van der Waals surface area contributed by atoms with Gasteiger partial charge in [-0.3, -0.25) is 19.5 Å². The lowest BCUT2D eigenvalue weighted by Crippen LogP contribution is -2.17. The minimum absolute atomic E-state index is 0.0134. The number of nitrogens with one attached hydrogen (secondary N) is 1. The van der Waals surface area contributed by atoms with E-state index in [0.717, 1.165) is 16.8 Å².